The topological polar surface area (TPSA) is 9.23 Å². The van der Waals surface area contributed by atoms with Crippen molar-refractivity contribution in [2.75, 3.05) is 7.11 Å². The molecule has 0 saturated carbocycles. The van der Waals surface area contributed by atoms with Crippen LogP contribution in [0.2, 0.25) is 59.0 Å². The molecular formula is C31H57OScSi3. The molecule has 0 N–H and O–H groups in total. The second-order valence-corrected chi connectivity index (χ2v) is 37.8. The van der Waals surface area contributed by atoms with E-state index >= 15 is 0 Å². The summed E-state index contributed by atoms with van der Waals surface area (Å²) >= 11 is -1.62. The number of aryl methyl sites for hydroxylation is 1. The van der Waals surface area contributed by atoms with E-state index < -0.39 is 45.7 Å². The summed E-state index contributed by atoms with van der Waals surface area (Å²) in [6, 6.07) is 7.43. The molecule has 36 heavy (non-hydrogen) atoms. The van der Waals surface area contributed by atoms with E-state index in [0.29, 0.717) is 0 Å². The fourth-order valence-corrected chi connectivity index (χ4v) is 36.5. The van der Waals surface area contributed by atoms with E-state index in [9.17, 15) is 0 Å². The average molecular weight is 575 g/mol. The van der Waals surface area contributed by atoms with Gasteiger partial charge in [0.15, 0.2) is 0 Å². The molecule has 0 saturated heterocycles. The fourth-order valence-electron chi connectivity index (χ4n) is 7.04. The van der Waals surface area contributed by atoms with Gasteiger partial charge in [0.2, 0.25) is 0 Å². The molecule has 0 atom stereocenters. The summed E-state index contributed by atoms with van der Waals surface area (Å²) < 4.78 is 11.5. The van der Waals surface area contributed by atoms with Crippen molar-refractivity contribution in [3.05, 3.63) is 42.9 Å². The van der Waals surface area contributed by atoms with Gasteiger partial charge in [-0.05, 0) is 0 Å². The van der Waals surface area contributed by atoms with Gasteiger partial charge >= 0.3 is 238 Å². The zero-order valence-electron chi connectivity index (χ0n) is 26.7. The monoisotopic (exact) mass is 574 g/mol. The third kappa shape index (κ3) is 7.15. The van der Waals surface area contributed by atoms with Crippen LogP contribution in [-0.4, -0.2) is 31.3 Å². The molecule has 0 amide bonds. The van der Waals surface area contributed by atoms with Gasteiger partial charge < -0.3 is 0 Å². The molecule has 5 heteroatoms. The van der Waals surface area contributed by atoms with E-state index in [2.05, 4.69) is 107 Å². The van der Waals surface area contributed by atoms with Gasteiger partial charge in [-0.25, -0.2) is 0 Å². The standard InChI is InChI=1S/C23H35OSi.2C4H11Si.Sc/c1-10-25(11-2,20-14-16(3)12-18(20)5)21-15-17(4)13-19(22(21)24-9)23(6,7)8;2*1-5(2,3)4;/h13,15H,10-11,14H2,1-9H3;2*1H2,2-4H3;. The summed E-state index contributed by atoms with van der Waals surface area (Å²) in [7, 11) is -2.24. The van der Waals surface area contributed by atoms with Crippen molar-refractivity contribution >= 4 is 29.4 Å². The summed E-state index contributed by atoms with van der Waals surface area (Å²) in [5.74, 6) is 1.19. The van der Waals surface area contributed by atoms with Crippen LogP contribution >= 0.6 is 0 Å². The Morgan fingerprint density at radius 2 is 1.36 bits per heavy atom. The maximum atomic E-state index is 6.32. The number of hydrogen-bond acceptors (Lipinski definition) is 1. The van der Waals surface area contributed by atoms with Gasteiger partial charge in [-0.2, -0.15) is 0 Å². The van der Waals surface area contributed by atoms with Crippen molar-refractivity contribution in [2.24, 2.45) is 0 Å². The molecule has 0 radical (unpaired) electrons. The Balaban J connectivity index is 2.81. The quantitative estimate of drug-likeness (QED) is 0.253. The zero-order valence-corrected chi connectivity index (χ0v) is 31.5. The summed E-state index contributed by atoms with van der Waals surface area (Å²) in [6.07, 6.45) is 1.23. The van der Waals surface area contributed by atoms with Crippen molar-refractivity contribution in [3.8, 4) is 5.75 Å². The summed E-state index contributed by atoms with van der Waals surface area (Å²) in [6.45, 7) is 35.0. The van der Waals surface area contributed by atoms with E-state index in [-0.39, 0.29) is 5.41 Å². The number of allylic oxidation sites excluding steroid dienone is 4. The summed E-state index contributed by atoms with van der Waals surface area (Å²) in [5.41, 5.74) is 6.36. The van der Waals surface area contributed by atoms with Gasteiger partial charge in [0.1, 0.15) is 0 Å². The van der Waals surface area contributed by atoms with Gasteiger partial charge in [0.25, 0.3) is 0 Å². The normalized spacial score (nSPS) is 15.8. The summed E-state index contributed by atoms with van der Waals surface area (Å²) in [4.78, 5) is 0. The van der Waals surface area contributed by atoms with Crippen LogP contribution in [0, 0.1) is 6.92 Å². The molecule has 1 aliphatic rings. The second kappa shape index (κ2) is 11.6. The Morgan fingerprint density at radius 1 is 0.861 bits per heavy atom. The molecule has 0 unspecified atom stereocenters. The minimum absolute atomic E-state index is 0.0707. The molecule has 1 nitrogen and oxygen atoms in total. The third-order valence-corrected chi connectivity index (χ3v) is 36.2. The van der Waals surface area contributed by atoms with Crippen LogP contribution in [0.25, 0.3) is 0 Å². The van der Waals surface area contributed by atoms with E-state index in [1.54, 1.807) is 23.9 Å². The van der Waals surface area contributed by atoms with Crippen molar-refractivity contribution < 1.29 is 26.2 Å². The van der Waals surface area contributed by atoms with Crippen LogP contribution in [0.5, 0.6) is 5.75 Å². The van der Waals surface area contributed by atoms with Crippen LogP contribution in [0.3, 0.4) is 0 Å². The number of rotatable bonds is 10. The molecule has 0 heterocycles. The van der Waals surface area contributed by atoms with E-state index in [1.165, 1.54) is 35.4 Å². The van der Waals surface area contributed by atoms with E-state index in [1.807, 2.05) is 15.6 Å². The molecule has 0 bridgehead atoms. The first-order chi connectivity index (χ1) is 16.3. The number of hydrogen-bond donors (Lipinski definition) is 0. The van der Waals surface area contributed by atoms with Gasteiger partial charge in [-0.1, -0.05) is 0 Å². The SMILES string of the molecule is CC[Si](CC)(C1=C(C)[C]([Sc]([CH2][Si](C)(C)C)[CH2][Si](C)(C)C)=C(C)C1)c1cc(C)cc(C(C)(C)C)c1OC. The van der Waals surface area contributed by atoms with Crippen LogP contribution in [0.15, 0.2) is 31.8 Å². The van der Waals surface area contributed by atoms with Crippen molar-refractivity contribution in [3.63, 3.8) is 0 Å². The Hall–Kier alpha value is 0.0208. The number of benzene rings is 1. The van der Waals surface area contributed by atoms with Crippen molar-refractivity contribution in [2.45, 2.75) is 126 Å². The molecule has 0 fully saturated rings. The first-order valence-corrected chi connectivity index (χ1v) is 27.7. The molecule has 202 valence electrons. The molecule has 0 aromatic heterocycles. The molecule has 2 rings (SSSR count). The van der Waals surface area contributed by atoms with Crippen molar-refractivity contribution in [1.29, 1.82) is 0 Å². The summed E-state index contributed by atoms with van der Waals surface area (Å²) in [5, 5.41) is 3.42. The Morgan fingerprint density at radius 3 is 1.75 bits per heavy atom. The van der Waals surface area contributed by atoms with Gasteiger partial charge in [-0.3, -0.25) is 0 Å². The predicted octanol–water partition coefficient (Wildman–Crippen LogP) is 9.74. The van der Waals surface area contributed by atoms with E-state index in [0.717, 1.165) is 0 Å². The molecular weight excluding hydrogens is 518 g/mol. The van der Waals surface area contributed by atoms with E-state index in [4.69, 9.17) is 4.74 Å². The zero-order chi connectivity index (χ0) is 27.9. The Bertz CT molecular complexity index is 996. The van der Waals surface area contributed by atoms with Gasteiger partial charge in [0, 0.05) is 0 Å². The van der Waals surface area contributed by atoms with Crippen LogP contribution < -0.4 is 9.92 Å². The average Bonchev–Trinajstić information content (AvgIpc) is 3.00. The van der Waals surface area contributed by atoms with Crippen LogP contribution in [0.1, 0.15) is 66.0 Å². The van der Waals surface area contributed by atoms with Gasteiger partial charge in [-0.15, -0.1) is 0 Å². The maximum absolute atomic E-state index is 6.32. The Kier molecular flexibility index (Phi) is 10.4. The third-order valence-electron chi connectivity index (χ3n) is 8.43. The number of ether oxygens (including phenoxy) is 1. The second-order valence-electron chi connectivity index (χ2n) is 15.1. The number of methoxy groups -OCH3 is 1. The molecule has 1 aliphatic carbocycles. The van der Waals surface area contributed by atoms with Gasteiger partial charge in [0.05, 0.1) is 0 Å². The predicted molar refractivity (Wildman–Crippen MR) is 169 cm³/mol. The van der Waals surface area contributed by atoms with Crippen LogP contribution in [0.4, 0.5) is 0 Å². The first-order valence-electron chi connectivity index (χ1n) is 14.4. The fraction of sp³-hybridized carbons (Fsp3) is 0.677. The Labute approximate surface area is 236 Å². The minimum atomic E-state index is -1.94. The molecule has 1 aromatic rings. The van der Waals surface area contributed by atoms with Crippen molar-refractivity contribution in [1.82, 2.24) is 0 Å². The molecule has 0 aliphatic heterocycles. The molecule has 1 aromatic carbocycles. The van der Waals surface area contributed by atoms with Crippen LogP contribution in [-0.2, 0) is 26.9 Å². The first kappa shape index (κ1) is 32.2. The molecule has 0 spiro atoms.